The van der Waals surface area contributed by atoms with Crippen molar-refractivity contribution in [1.82, 2.24) is 4.31 Å². The highest BCUT2D eigenvalue weighted by molar-refractivity contribution is 7.89. The van der Waals surface area contributed by atoms with E-state index in [2.05, 4.69) is 5.32 Å². The van der Waals surface area contributed by atoms with Gasteiger partial charge in [-0.1, -0.05) is 48.5 Å². The smallest absolute Gasteiger partial charge is 0.325 e. The van der Waals surface area contributed by atoms with Crippen molar-refractivity contribution in [2.75, 3.05) is 18.4 Å². The Hall–Kier alpha value is -2.91. The molecule has 0 aliphatic carbocycles. The Morgan fingerprint density at radius 3 is 2.25 bits per heavy atom. The maximum atomic E-state index is 13.3. The summed E-state index contributed by atoms with van der Waals surface area (Å²) in [6, 6.07) is 17.4. The number of sulfonamides is 1. The van der Waals surface area contributed by atoms with Crippen LogP contribution in [-0.2, 0) is 21.0 Å². The van der Waals surface area contributed by atoms with Crippen molar-refractivity contribution in [1.29, 1.82) is 0 Å². The van der Waals surface area contributed by atoms with Crippen LogP contribution in [0.3, 0.4) is 0 Å². The van der Waals surface area contributed by atoms with E-state index >= 15 is 0 Å². The summed E-state index contributed by atoms with van der Waals surface area (Å²) in [5.74, 6) is -0.660. The zero-order valence-electron chi connectivity index (χ0n) is 17.0. The fourth-order valence-electron chi connectivity index (χ4n) is 3.99. The SMILES string of the molecule is O=C(Nc1cccc2ccccc12)C1CCN(S(=O)(=O)c2ccccc2C(F)(F)F)CC1. The van der Waals surface area contributed by atoms with Gasteiger partial charge in [-0.05, 0) is 36.4 Å². The summed E-state index contributed by atoms with van der Waals surface area (Å²) in [7, 11) is -4.33. The molecule has 1 aliphatic heterocycles. The van der Waals surface area contributed by atoms with Crippen LogP contribution in [-0.4, -0.2) is 31.7 Å². The van der Waals surface area contributed by atoms with Crippen LogP contribution < -0.4 is 5.32 Å². The van der Waals surface area contributed by atoms with Crippen molar-refractivity contribution in [3.8, 4) is 0 Å². The molecule has 4 rings (SSSR count). The summed E-state index contributed by atoms with van der Waals surface area (Å²) in [5.41, 5.74) is -0.516. The normalized spacial score (nSPS) is 16.2. The predicted molar refractivity (Wildman–Crippen MR) is 116 cm³/mol. The van der Waals surface area contributed by atoms with Gasteiger partial charge in [-0.25, -0.2) is 8.42 Å². The number of carbonyl (C=O) groups is 1. The highest BCUT2D eigenvalue weighted by Gasteiger charge is 2.40. The number of halogens is 3. The Bertz CT molecular complexity index is 1250. The van der Waals surface area contributed by atoms with Gasteiger partial charge in [0.15, 0.2) is 0 Å². The van der Waals surface area contributed by atoms with E-state index in [1.165, 1.54) is 6.07 Å². The molecule has 0 radical (unpaired) electrons. The molecule has 1 amide bonds. The van der Waals surface area contributed by atoms with Crippen LogP contribution in [0.4, 0.5) is 18.9 Å². The van der Waals surface area contributed by atoms with E-state index in [0.717, 1.165) is 33.3 Å². The van der Waals surface area contributed by atoms with Crippen LogP contribution in [0.25, 0.3) is 10.8 Å². The van der Waals surface area contributed by atoms with Crippen LogP contribution in [0.5, 0.6) is 0 Å². The van der Waals surface area contributed by atoms with Crippen molar-refractivity contribution >= 4 is 32.4 Å². The van der Waals surface area contributed by atoms with E-state index in [4.69, 9.17) is 0 Å². The molecule has 1 saturated heterocycles. The van der Waals surface area contributed by atoms with Gasteiger partial charge in [0.2, 0.25) is 15.9 Å². The zero-order chi connectivity index (χ0) is 22.9. The first-order valence-electron chi connectivity index (χ1n) is 10.1. The van der Waals surface area contributed by atoms with Gasteiger partial charge in [0.1, 0.15) is 0 Å². The summed E-state index contributed by atoms with van der Waals surface area (Å²) in [6.07, 6.45) is -4.33. The second-order valence-electron chi connectivity index (χ2n) is 7.69. The largest absolute Gasteiger partial charge is 0.417 e. The molecule has 3 aromatic carbocycles. The van der Waals surface area contributed by atoms with Crippen LogP contribution in [0.15, 0.2) is 71.6 Å². The first kappa shape index (κ1) is 22.3. The molecule has 5 nitrogen and oxygen atoms in total. The number of carbonyl (C=O) groups excluding carboxylic acids is 1. The Kier molecular flexibility index (Phi) is 5.96. The first-order chi connectivity index (χ1) is 15.2. The number of nitrogens with zero attached hydrogens (tertiary/aromatic N) is 1. The fourth-order valence-corrected chi connectivity index (χ4v) is 5.67. The van der Waals surface area contributed by atoms with Crippen LogP contribution in [0, 0.1) is 5.92 Å². The Morgan fingerprint density at radius 2 is 1.53 bits per heavy atom. The molecule has 1 fully saturated rings. The molecule has 9 heteroatoms. The van der Waals surface area contributed by atoms with Crippen LogP contribution in [0.2, 0.25) is 0 Å². The van der Waals surface area contributed by atoms with Gasteiger partial charge in [0.25, 0.3) is 0 Å². The summed E-state index contributed by atoms with van der Waals surface area (Å²) in [5, 5.41) is 4.79. The summed E-state index contributed by atoms with van der Waals surface area (Å²) in [4.78, 5) is 12.0. The number of anilines is 1. The lowest BCUT2D eigenvalue weighted by molar-refractivity contribution is -0.139. The second kappa shape index (κ2) is 8.55. The molecule has 168 valence electrons. The molecular formula is C23H21F3N2O3S. The quantitative estimate of drug-likeness (QED) is 0.600. The summed E-state index contributed by atoms with van der Waals surface area (Å²) < 4.78 is 66.7. The van der Waals surface area contributed by atoms with E-state index in [0.29, 0.717) is 5.69 Å². The van der Waals surface area contributed by atoms with E-state index in [1.54, 1.807) is 6.07 Å². The molecule has 3 aromatic rings. The molecule has 1 N–H and O–H groups in total. The second-order valence-corrected chi connectivity index (χ2v) is 9.59. The fraction of sp³-hybridized carbons (Fsp3) is 0.261. The van der Waals surface area contributed by atoms with Gasteiger partial charge in [-0.15, -0.1) is 0 Å². The van der Waals surface area contributed by atoms with Gasteiger partial charge in [-0.2, -0.15) is 17.5 Å². The van der Waals surface area contributed by atoms with Crippen LogP contribution in [0.1, 0.15) is 18.4 Å². The minimum Gasteiger partial charge on any atom is -0.325 e. The maximum absolute atomic E-state index is 13.3. The number of alkyl halides is 3. The molecule has 1 heterocycles. The number of hydrogen-bond donors (Lipinski definition) is 1. The molecule has 0 bridgehead atoms. The molecule has 0 unspecified atom stereocenters. The van der Waals surface area contributed by atoms with Gasteiger partial charge in [-0.3, -0.25) is 4.79 Å². The van der Waals surface area contributed by atoms with E-state index < -0.39 is 32.6 Å². The molecular weight excluding hydrogens is 441 g/mol. The number of piperidine rings is 1. The monoisotopic (exact) mass is 462 g/mol. The van der Waals surface area contributed by atoms with Gasteiger partial charge in [0.05, 0.1) is 10.5 Å². The third-order valence-electron chi connectivity index (χ3n) is 5.68. The summed E-state index contributed by atoms with van der Waals surface area (Å²) in [6.45, 7) is -0.0513. The molecule has 32 heavy (non-hydrogen) atoms. The average Bonchev–Trinajstić information content (AvgIpc) is 2.79. The Balaban J connectivity index is 1.47. The molecule has 0 atom stereocenters. The van der Waals surface area contributed by atoms with Crippen molar-refractivity contribution < 1.29 is 26.4 Å². The average molecular weight is 462 g/mol. The lowest BCUT2D eigenvalue weighted by Crippen LogP contribution is -2.41. The number of amides is 1. The number of nitrogens with one attached hydrogen (secondary N) is 1. The zero-order valence-corrected chi connectivity index (χ0v) is 17.8. The lowest BCUT2D eigenvalue weighted by Gasteiger charge is -2.31. The third kappa shape index (κ3) is 4.35. The molecule has 1 aliphatic rings. The highest BCUT2D eigenvalue weighted by Crippen LogP contribution is 2.36. The minimum absolute atomic E-state index is 0.0256. The standard InChI is InChI=1S/C23H21F3N2O3S/c24-23(25,26)19-9-3-4-11-21(19)32(30,31)28-14-12-17(13-15-28)22(29)27-20-10-5-7-16-6-1-2-8-18(16)20/h1-11,17H,12-15H2,(H,27,29). The van der Waals surface area contributed by atoms with Gasteiger partial charge >= 0.3 is 6.18 Å². The molecule has 0 aromatic heterocycles. The predicted octanol–water partition coefficient (Wildman–Crippen LogP) is 4.90. The molecule has 0 saturated carbocycles. The van der Waals surface area contributed by atoms with Crippen LogP contribution >= 0.6 is 0 Å². The van der Waals surface area contributed by atoms with E-state index in [-0.39, 0.29) is 31.8 Å². The van der Waals surface area contributed by atoms with Gasteiger partial charge < -0.3 is 5.32 Å². The number of hydrogen-bond acceptors (Lipinski definition) is 3. The van der Waals surface area contributed by atoms with Crippen molar-refractivity contribution in [3.63, 3.8) is 0 Å². The van der Waals surface area contributed by atoms with Crippen molar-refractivity contribution in [3.05, 3.63) is 72.3 Å². The molecule has 0 spiro atoms. The lowest BCUT2D eigenvalue weighted by atomic mass is 9.97. The maximum Gasteiger partial charge on any atom is 0.417 e. The minimum atomic E-state index is -4.78. The van der Waals surface area contributed by atoms with Crippen molar-refractivity contribution in [2.45, 2.75) is 23.9 Å². The number of rotatable bonds is 4. The Morgan fingerprint density at radius 1 is 0.906 bits per heavy atom. The van der Waals surface area contributed by atoms with Gasteiger partial charge in [0, 0.05) is 30.1 Å². The van der Waals surface area contributed by atoms with Crippen molar-refractivity contribution in [2.24, 2.45) is 5.92 Å². The first-order valence-corrected chi connectivity index (χ1v) is 11.6. The third-order valence-corrected chi connectivity index (χ3v) is 7.64. The topological polar surface area (TPSA) is 66.5 Å². The highest BCUT2D eigenvalue weighted by atomic mass is 32.2. The summed E-state index contributed by atoms with van der Waals surface area (Å²) >= 11 is 0. The Labute approximate surface area is 183 Å². The number of fused-ring (bicyclic) bond motifs is 1. The van der Waals surface area contributed by atoms with E-state index in [9.17, 15) is 26.4 Å². The van der Waals surface area contributed by atoms with E-state index in [1.807, 2.05) is 36.4 Å². The number of benzene rings is 3.